The minimum atomic E-state index is -4.68. The molecule has 0 radical (unpaired) electrons. The average Bonchev–Trinajstić information content (AvgIpc) is 2.94. The van der Waals surface area contributed by atoms with Crippen LogP contribution in [0.3, 0.4) is 0 Å². The van der Waals surface area contributed by atoms with E-state index < -0.39 is 51.1 Å². The molecule has 0 aliphatic heterocycles. The Kier molecular flexibility index (Phi) is 24.8. The van der Waals surface area contributed by atoms with Crippen LogP contribution in [-0.2, 0) is 37.5 Å². The van der Waals surface area contributed by atoms with Crippen molar-refractivity contribution in [2.75, 3.05) is 19.8 Å². The average molecular weight is 608 g/mol. The third-order valence-electron chi connectivity index (χ3n) is 6.26. The molecule has 0 aliphatic rings. The number of carboxylic acids is 1. The number of aliphatic carboxylic acids is 1. The van der Waals surface area contributed by atoms with Crippen LogP contribution >= 0.6 is 7.82 Å². The van der Waals surface area contributed by atoms with E-state index in [4.69, 9.17) is 24.8 Å². The first kappa shape index (κ1) is 39.2. The van der Waals surface area contributed by atoms with E-state index in [-0.39, 0.29) is 19.4 Å². The summed E-state index contributed by atoms with van der Waals surface area (Å²) in [6.07, 6.45) is 20.0. The predicted molar refractivity (Wildman–Crippen MR) is 157 cm³/mol. The highest BCUT2D eigenvalue weighted by Gasteiger charge is 2.28. The molecule has 0 spiro atoms. The van der Waals surface area contributed by atoms with Crippen LogP contribution < -0.4 is 5.73 Å². The van der Waals surface area contributed by atoms with Crippen molar-refractivity contribution in [1.82, 2.24) is 0 Å². The lowest BCUT2D eigenvalue weighted by molar-refractivity contribution is -0.161. The lowest BCUT2D eigenvalue weighted by Crippen LogP contribution is -2.34. The quantitative estimate of drug-likeness (QED) is 0.0399. The van der Waals surface area contributed by atoms with Crippen molar-refractivity contribution in [3.8, 4) is 0 Å². The molecule has 0 bridgehead atoms. The molecule has 0 aromatic rings. The van der Waals surface area contributed by atoms with E-state index in [9.17, 15) is 23.8 Å². The zero-order chi connectivity index (χ0) is 30.8. The number of hydrogen-bond acceptors (Lipinski definition) is 9. The van der Waals surface area contributed by atoms with Gasteiger partial charge in [0.05, 0.1) is 13.2 Å². The third kappa shape index (κ3) is 25.6. The first-order valence-corrected chi connectivity index (χ1v) is 16.7. The number of rotatable bonds is 28. The largest absolute Gasteiger partial charge is 0.480 e. The highest BCUT2D eigenvalue weighted by Crippen LogP contribution is 2.43. The molecule has 0 fully saturated rings. The van der Waals surface area contributed by atoms with E-state index in [0.29, 0.717) is 12.8 Å². The second kappa shape index (κ2) is 25.9. The van der Waals surface area contributed by atoms with Gasteiger partial charge in [-0.05, 0) is 38.5 Å². The maximum atomic E-state index is 12.3. The van der Waals surface area contributed by atoms with Crippen molar-refractivity contribution in [3.05, 3.63) is 12.2 Å². The molecule has 0 rings (SSSR count). The second-order valence-corrected chi connectivity index (χ2v) is 11.7. The fraction of sp³-hybridized carbons (Fsp3) is 0.828. The molecular weight excluding hydrogens is 553 g/mol. The molecule has 12 heteroatoms. The van der Waals surface area contributed by atoms with Crippen molar-refractivity contribution in [2.45, 2.75) is 135 Å². The molecular formula is C29H54NO10P. The van der Waals surface area contributed by atoms with E-state index in [0.717, 1.165) is 44.9 Å². The van der Waals surface area contributed by atoms with E-state index in [1.54, 1.807) is 0 Å². The topological polar surface area (TPSA) is 172 Å². The highest BCUT2D eigenvalue weighted by atomic mass is 31.2. The molecule has 3 atom stereocenters. The molecule has 11 nitrogen and oxygen atoms in total. The number of hydrogen-bond donors (Lipinski definition) is 3. The Hall–Kier alpha value is -1.78. The van der Waals surface area contributed by atoms with Crippen LogP contribution in [0.4, 0.5) is 0 Å². The van der Waals surface area contributed by atoms with Crippen molar-refractivity contribution in [2.24, 2.45) is 5.73 Å². The first-order chi connectivity index (χ1) is 19.6. The number of esters is 2. The number of ether oxygens (including phenoxy) is 2. The van der Waals surface area contributed by atoms with Gasteiger partial charge in [-0.3, -0.25) is 23.4 Å². The third-order valence-corrected chi connectivity index (χ3v) is 7.21. The van der Waals surface area contributed by atoms with Gasteiger partial charge >= 0.3 is 25.7 Å². The Bertz CT molecular complexity index is 777. The van der Waals surface area contributed by atoms with E-state index >= 15 is 0 Å². The van der Waals surface area contributed by atoms with Crippen molar-refractivity contribution >= 4 is 25.7 Å². The molecule has 0 saturated heterocycles. The van der Waals surface area contributed by atoms with Gasteiger partial charge in [-0.15, -0.1) is 0 Å². The summed E-state index contributed by atoms with van der Waals surface area (Å²) in [5, 5.41) is 8.76. The van der Waals surface area contributed by atoms with Gasteiger partial charge in [0.2, 0.25) is 0 Å². The van der Waals surface area contributed by atoms with Gasteiger partial charge in [-0.1, -0.05) is 83.8 Å². The maximum Gasteiger partial charge on any atom is 0.472 e. The van der Waals surface area contributed by atoms with Gasteiger partial charge in [-0.2, -0.15) is 0 Å². The number of allylic oxidation sites excluding steroid dienone is 2. The number of carbonyl (C=O) groups is 3. The molecule has 41 heavy (non-hydrogen) atoms. The van der Waals surface area contributed by atoms with Crippen LogP contribution in [0.1, 0.15) is 123 Å². The summed E-state index contributed by atoms with van der Waals surface area (Å²) in [6.45, 7) is 2.46. The Labute approximate surface area is 246 Å². The normalized spacial score (nSPS) is 14.4. The second-order valence-electron chi connectivity index (χ2n) is 10.2. The van der Waals surface area contributed by atoms with Crippen LogP contribution in [0.15, 0.2) is 12.2 Å². The summed E-state index contributed by atoms with van der Waals surface area (Å²) in [6, 6.07) is -1.52. The van der Waals surface area contributed by atoms with Crippen LogP contribution in [0.2, 0.25) is 0 Å². The van der Waals surface area contributed by atoms with Crippen LogP contribution in [-0.4, -0.2) is 59.9 Å². The van der Waals surface area contributed by atoms with Crippen LogP contribution in [0.5, 0.6) is 0 Å². The summed E-state index contributed by atoms with van der Waals surface area (Å²) in [7, 11) is -4.68. The Morgan fingerprint density at radius 1 is 0.732 bits per heavy atom. The monoisotopic (exact) mass is 607 g/mol. The van der Waals surface area contributed by atoms with Crippen molar-refractivity contribution < 1.29 is 47.5 Å². The van der Waals surface area contributed by atoms with Crippen molar-refractivity contribution in [3.63, 3.8) is 0 Å². The van der Waals surface area contributed by atoms with Crippen LogP contribution in [0, 0.1) is 0 Å². The molecule has 3 unspecified atom stereocenters. The first-order valence-electron chi connectivity index (χ1n) is 15.2. The van der Waals surface area contributed by atoms with Gasteiger partial charge in [0, 0.05) is 12.8 Å². The van der Waals surface area contributed by atoms with Gasteiger partial charge in [0.15, 0.2) is 6.10 Å². The molecule has 0 heterocycles. The SMILES string of the molecule is CCCCCCCC/C=C\CCCCCCCC(=O)OC(COC(=O)CCCC)COP(=O)(O)OCC(N)C(=O)O. The van der Waals surface area contributed by atoms with Gasteiger partial charge < -0.3 is 25.2 Å². The number of phosphoric acid groups is 1. The zero-order valence-electron chi connectivity index (χ0n) is 25.1. The van der Waals surface area contributed by atoms with E-state index in [2.05, 4.69) is 23.6 Å². The fourth-order valence-electron chi connectivity index (χ4n) is 3.74. The number of carbonyl (C=O) groups excluding carboxylic acids is 2. The smallest absolute Gasteiger partial charge is 0.472 e. The van der Waals surface area contributed by atoms with Crippen molar-refractivity contribution in [1.29, 1.82) is 0 Å². The minimum absolute atomic E-state index is 0.152. The van der Waals surface area contributed by atoms with Gasteiger partial charge in [-0.25, -0.2) is 4.57 Å². The predicted octanol–water partition coefficient (Wildman–Crippen LogP) is 6.21. The molecule has 240 valence electrons. The van der Waals surface area contributed by atoms with Crippen LogP contribution in [0.25, 0.3) is 0 Å². The summed E-state index contributed by atoms with van der Waals surface area (Å²) in [5.41, 5.74) is 5.25. The molecule has 4 N–H and O–H groups in total. The minimum Gasteiger partial charge on any atom is -0.480 e. The lowest BCUT2D eigenvalue weighted by atomic mass is 10.1. The number of carboxylic acid groups (broad SMARTS) is 1. The molecule has 0 aromatic carbocycles. The number of unbranched alkanes of at least 4 members (excludes halogenated alkanes) is 12. The van der Waals surface area contributed by atoms with E-state index in [1.807, 2.05) is 6.92 Å². The Morgan fingerprint density at radius 3 is 1.83 bits per heavy atom. The summed E-state index contributed by atoms with van der Waals surface area (Å²) in [4.78, 5) is 44.7. The van der Waals surface area contributed by atoms with E-state index in [1.165, 1.54) is 38.5 Å². The fourth-order valence-corrected chi connectivity index (χ4v) is 4.52. The zero-order valence-corrected chi connectivity index (χ0v) is 26.0. The Balaban J connectivity index is 4.30. The Morgan fingerprint density at radius 2 is 1.24 bits per heavy atom. The molecule has 0 aromatic heterocycles. The highest BCUT2D eigenvalue weighted by molar-refractivity contribution is 7.47. The number of nitrogens with two attached hydrogens (primary N) is 1. The lowest BCUT2D eigenvalue weighted by Gasteiger charge is -2.20. The van der Waals surface area contributed by atoms with Gasteiger partial charge in [0.25, 0.3) is 0 Å². The summed E-state index contributed by atoms with van der Waals surface area (Å²) >= 11 is 0. The molecule has 0 saturated carbocycles. The summed E-state index contributed by atoms with van der Waals surface area (Å²) in [5.74, 6) is -2.44. The van der Waals surface area contributed by atoms with Gasteiger partial charge in [0.1, 0.15) is 12.6 Å². The molecule has 0 aliphatic carbocycles. The summed E-state index contributed by atoms with van der Waals surface area (Å²) < 4.78 is 31.9. The standard InChI is InChI=1S/C29H54NO10P/c1-3-5-7-8-9-10-11-12-13-14-15-16-17-18-19-21-28(32)40-25(22-37-27(31)20-6-4-2)23-38-41(35,36)39-24-26(30)29(33)34/h12-13,25-26H,3-11,14-24,30H2,1-2H3,(H,33,34)(H,35,36)/b13-12-. The molecule has 0 amide bonds. The maximum absolute atomic E-state index is 12.3. The number of phosphoric ester groups is 1.